The van der Waals surface area contributed by atoms with Gasteiger partial charge in [-0.05, 0) is 18.4 Å². The van der Waals surface area contributed by atoms with Gasteiger partial charge >= 0.3 is 0 Å². The fourth-order valence-electron chi connectivity index (χ4n) is 2.34. The van der Waals surface area contributed by atoms with Crippen molar-refractivity contribution in [3.05, 3.63) is 35.4 Å². The van der Waals surface area contributed by atoms with Crippen LogP contribution < -0.4 is 5.73 Å². The SMILES string of the molecule is COC1CCN(Cc2ccc(C(N)=S)cc2)CC1. The number of nitrogens with zero attached hydrogens (tertiary/aromatic N) is 1. The van der Waals surface area contributed by atoms with Gasteiger partial charge in [0.1, 0.15) is 4.99 Å². The zero-order valence-electron chi connectivity index (χ0n) is 10.8. The van der Waals surface area contributed by atoms with Crippen LogP contribution in [0.4, 0.5) is 0 Å². The van der Waals surface area contributed by atoms with Crippen LogP contribution in [-0.4, -0.2) is 36.2 Å². The largest absolute Gasteiger partial charge is 0.389 e. The highest BCUT2D eigenvalue weighted by Gasteiger charge is 2.18. The summed E-state index contributed by atoms with van der Waals surface area (Å²) in [5.74, 6) is 0. The van der Waals surface area contributed by atoms with E-state index < -0.39 is 0 Å². The Labute approximate surface area is 114 Å². The lowest BCUT2D eigenvalue weighted by Crippen LogP contribution is -2.36. The molecule has 98 valence electrons. The van der Waals surface area contributed by atoms with Crippen LogP contribution in [0.2, 0.25) is 0 Å². The second-order valence-electron chi connectivity index (χ2n) is 4.77. The molecule has 0 radical (unpaired) electrons. The molecule has 1 aliphatic rings. The highest BCUT2D eigenvalue weighted by molar-refractivity contribution is 7.80. The highest BCUT2D eigenvalue weighted by Crippen LogP contribution is 2.16. The maximum Gasteiger partial charge on any atom is 0.103 e. The van der Waals surface area contributed by atoms with Crippen LogP contribution in [0.5, 0.6) is 0 Å². The van der Waals surface area contributed by atoms with Crippen LogP contribution in [0.3, 0.4) is 0 Å². The Kier molecular flexibility index (Phi) is 4.69. The Bertz CT molecular complexity index is 397. The minimum absolute atomic E-state index is 0.443. The molecular weight excluding hydrogens is 244 g/mol. The van der Waals surface area contributed by atoms with Gasteiger partial charge in [-0.1, -0.05) is 36.5 Å². The first kappa shape index (κ1) is 13.5. The smallest absolute Gasteiger partial charge is 0.103 e. The molecule has 1 heterocycles. The van der Waals surface area contributed by atoms with Crippen molar-refractivity contribution in [2.45, 2.75) is 25.5 Å². The lowest BCUT2D eigenvalue weighted by Gasteiger charge is -2.31. The lowest BCUT2D eigenvalue weighted by atomic mass is 10.1. The van der Waals surface area contributed by atoms with E-state index >= 15 is 0 Å². The predicted molar refractivity (Wildman–Crippen MR) is 77.6 cm³/mol. The molecule has 1 aromatic carbocycles. The van der Waals surface area contributed by atoms with Gasteiger partial charge in [0.15, 0.2) is 0 Å². The summed E-state index contributed by atoms with van der Waals surface area (Å²) in [7, 11) is 1.80. The summed E-state index contributed by atoms with van der Waals surface area (Å²) in [5.41, 5.74) is 7.83. The zero-order chi connectivity index (χ0) is 13.0. The molecule has 1 aromatic rings. The van der Waals surface area contributed by atoms with Crippen molar-refractivity contribution < 1.29 is 4.74 Å². The normalized spacial score (nSPS) is 17.8. The third-order valence-electron chi connectivity index (χ3n) is 3.51. The minimum atomic E-state index is 0.443. The first-order chi connectivity index (χ1) is 8.69. The van der Waals surface area contributed by atoms with Crippen molar-refractivity contribution in [3.8, 4) is 0 Å². The van der Waals surface area contributed by atoms with E-state index in [0.717, 1.165) is 38.0 Å². The van der Waals surface area contributed by atoms with Crippen LogP contribution in [0, 0.1) is 0 Å². The quantitative estimate of drug-likeness (QED) is 0.843. The van der Waals surface area contributed by atoms with Gasteiger partial charge in [-0.15, -0.1) is 0 Å². The molecule has 0 amide bonds. The summed E-state index contributed by atoms with van der Waals surface area (Å²) in [6, 6.07) is 8.22. The molecular formula is C14H20N2OS. The molecule has 18 heavy (non-hydrogen) atoms. The van der Waals surface area contributed by atoms with E-state index in [2.05, 4.69) is 17.0 Å². The van der Waals surface area contributed by atoms with Crippen LogP contribution in [0.15, 0.2) is 24.3 Å². The van der Waals surface area contributed by atoms with Crippen LogP contribution in [0.1, 0.15) is 24.0 Å². The molecule has 1 fully saturated rings. The average Bonchev–Trinajstić information content (AvgIpc) is 2.40. The van der Waals surface area contributed by atoms with Crippen molar-refractivity contribution in [3.63, 3.8) is 0 Å². The standard InChI is InChI=1S/C14H20N2OS/c1-17-13-6-8-16(9-7-13)10-11-2-4-12(5-3-11)14(15)18/h2-5,13H,6-10H2,1H3,(H2,15,18). The third kappa shape index (κ3) is 3.51. The van der Waals surface area contributed by atoms with Gasteiger partial charge in [0, 0.05) is 32.3 Å². The first-order valence-electron chi connectivity index (χ1n) is 6.33. The van der Waals surface area contributed by atoms with Crippen molar-refractivity contribution >= 4 is 17.2 Å². The molecule has 1 saturated heterocycles. The molecule has 0 unspecified atom stereocenters. The first-order valence-corrected chi connectivity index (χ1v) is 6.74. The maximum absolute atomic E-state index is 5.59. The van der Waals surface area contributed by atoms with E-state index in [-0.39, 0.29) is 0 Å². The van der Waals surface area contributed by atoms with Crippen LogP contribution in [0.25, 0.3) is 0 Å². The summed E-state index contributed by atoms with van der Waals surface area (Å²) in [6.45, 7) is 3.21. The number of thiocarbonyl (C=S) groups is 1. The second-order valence-corrected chi connectivity index (χ2v) is 5.21. The zero-order valence-corrected chi connectivity index (χ0v) is 11.6. The minimum Gasteiger partial charge on any atom is -0.389 e. The summed E-state index contributed by atoms with van der Waals surface area (Å²) in [4.78, 5) is 2.92. The van der Waals surface area contributed by atoms with Gasteiger partial charge in [-0.3, -0.25) is 4.90 Å². The number of likely N-dealkylation sites (tertiary alicyclic amines) is 1. The molecule has 0 aliphatic carbocycles. The van der Waals surface area contributed by atoms with E-state index in [0.29, 0.717) is 11.1 Å². The van der Waals surface area contributed by atoms with E-state index in [9.17, 15) is 0 Å². The van der Waals surface area contributed by atoms with Crippen molar-refractivity contribution in [2.75, 3.05) is 20.2 Å². The van der Waals surface area contributed by atoms with Gasteiger partial charge in [0.25, 0.3) is 0 Å². The number of nitrogens with two attached hydrogens (primary N) is 1. The van der Waals surface area contributed by atoms with Gasteiger partial charge in [0.05, 0.1) is 6.10 Å². The number of ether oxygens (including phenoxy) is 1. The molecule has 0 spiro atoms. The van der Waals surface area contributed by atoms with Gasteiger partial charge in [0.2, 0.25) is 0 Å². The fourth-order valence-corrected chi connectivity index (χ4v) is 2.47. The van der Waals surface area contributed by atoms with E-state index in [1.807, 2.05) is 12.1 Å². The molecule has 2 rings (SSSR count). The summed E-state index contributed by atoms with van der Waals surface area (Å²) in [5, 5.41) is 0. The molecule has 0 atom stereocenters. The van der Waals surface area contributed by atoms with Gasteiger partial charge in [-0.2, -0.15) is 0 Å². The summed E-state index contributed by atoms with van der Waals surface area (Å²) < 4.78 is 5.38. The molecule has 0 aromatic heterocycles. The average molecular weight is 264 g/mol. The van der Waals surface area contributed by atoms with Gasteiger partial charge < -0.3 is 10.5 Å². The van der Waals surface area contributed by atoms with Gasteiger partial charge in [-0.25, -0.2) is 0 Å². The van der Waals surface area contributed by atoms with E-state index in [1.165, 1.54) is 5.56 Å². The fraction of sp³-hybridized carbons (Fsp3) is 0.500. The second kappa shape index (κ2) is 6.27. The van der Waals surface area contributed by atoms with Crippen molar-refractivity contribution in [1.82, 2.24) is 4.90 Å². The number of hydrogen-bond acceptors (Lipinski definition) is 3. The topological polar surface area (TPSA) is 38.5 Å². The Morgan fingerprint density at radius 3 is 2.44 bits per heavy atom. The number of rotatable bonds is 4. The van der Waals surface area contributed by atoms with Crippen LogP contribution >= 0.6 is 12.2 Å². The molecule has 2 N–H and O–H groups in total. The number of methoxy groups -OCH3 is 1. The molecule has 0 saturated carbocycles. The Morgan fingerprint density at radius 1 is 1.33 bits per heavy atom. The maximum atomic E-state index is 5.59. The number of hydrogen-bond donors (Lipinski definition) is 1. The molecule has 3 nitrogen and oxygen atoms in total. The Hall–Kier alpha value is -0.970. The Morgan fingerprint density at radius 2 is 1.94 bits per heavy atom. The number of benzene rings is 1. The van der Waals surface area contributed by atoms with E-state index in [4.69, 9.17) is 22.7 Å². The summed E-state index contributed by atoms with van der Waals surface area (Å²) >= 11 is 4.95. The van der Waals surface area contributed by atoms with Crippen LogP contribution in [-0.2, 0) is 11.3 Å². The lowest BCUT2D eigenvalue weighted by molar-refractivity contribution is 0.0388. The summed E-state index contributed by atoms with van der Waals surface area (Å²) in [6.07, 6.45) is 2.70. The highest BCUT2D eigenvalue weighted by atomic mass is 32.1. The monoisotopic (exact) mass is 264 g/mol. The number of piperidine rings is 1. The Balaban J connectivity index is 1.88. The van der Waals surface area contributed by atoms with Crippen molar-refractivity contribution in [2.24, 2.45) is 5.73 Å². The van der Waals surface area contributed by atoms with E-state index in [1.54, 1.807) is 7.11 Å². The third-order valence-corrected chi connectivity index (χ3v) is 3.75. The predicted octanol–water partition coefficient (Wildman–Crippen LogP) is 1.93. The molecule has 1 aliphatic heterocycles. The van der Waals surface area contributed by atoms with Crippen molar-refractivity contribution in [1.29, 1.82) is 0 Å². The molecule has 4 heteroatoms. The molecule has 0 bridgehead atoms.